The first kappa shape index (κ1) is 16.3. The molecule has 2 amide bonds. The van der Waals surface area contributed by atoms with Crippen molar-refractivity contribution in [2.45, 2.75) is 6.42 Å². The van der Waals surface area contributed by atoms with Crippen molar-refractivity contribution in [1.29, 1.82) is 0 Å². The first-order valence-corrected chi connectivity index (χ1v) is 8.14. The van der Waals surface area contributed by atoms with E-state index >= 15 is 0 Å². The molecule has 0 saturated carbocycles. The molecule has 0 aromatic heterocycles. The molecule has 0 atom stereocenters. The molecule has 1 heterocycles. The number of carbonyl (C=O) groups excluding carboxylic acids is 2. The van der Waals surface area contributed by atoms with Crippen molar-refractivity contribution < 1.29 is 19.1 Å². The second-order valence-electron chi connectivity index (χ2n) is 5.13. The molecule has 0 fully saturated rings. The molecule has 0 spiro atoms. The van der Waals surface area contributed by atoms with Gasteiger partial charge in [0.25, 0.3) is 5.91 Å². The van der Waals surface area contributed by atoms with Gasteiger partial charge in [0.1, 0.15) is 0 Å². The maximum absolute atomic E-state index is 11.9. The van der Waals surface area contributed by atoms with Crippen molar-refractivity contribution in [1.82, 2.24) is 5.32 Å². The van der Waals surface area contributed by atoms with Crippen LogP contribution in [-0.4, -0.2) is 25.2 Å². The van der Waals surface area contributed by atoms with E-state index in [1.807, 2.05) is 0 Å². The van der Waals surface area contributed by atoms with E-state index in [4.69, 9.17) is 9.47 Å². The second kappa shape index (κ2) is 7.35. The Morgan fingerprint density at radius 1 is 1.04 bits per heavy atom. The molecule has 2 aromatic rings. The molecule has 7 heteroatoms. The highest BCUT2D eigenvalue weighted by Crippen LogP contribution is 2.34. The summed E-state index contributed by atoms with van der Waals surface area (Å²) in [5.41, 5.74) is 1.18. The minimum Gasteiger partial charge on any atom is -0.454 e. The summed E-state index contributed by atoms with van der Waals surface area (Å²) in [6.07, 6.45) is 0.177. The molecular formula is C17H15BrN2O4. The fourth-order valence-electron chi connectivity index (χ4n) is 2.19. The Hall–Kier alpha value is -2.54. The molecule has 2 N–H and O–H groups in total. The minimum absolute atomic E-state index is 0.177. The van der Waals surface area contributed by atoms with Gasteiger partial charge in [0.15, 0.2) is 11.5 Å². The van der Waals surface area contributed by atoms with Crippen LogP contribution in [0.1, 0.15) is 16.8 Å². The van der Waals surface area contributed by atoms with Gasteiger partial charge in [-0.3, -0.25) is 9.59 Å². The van der Waals surface area contributed by atoms with E-state index in [0.717, 1.165) is 4.47 Å². The molecule has 0 radical (unpaired) electrons. The number of anilines is 1. The van der Waals surface area contributed by atoms with E-state index < -0.39 is 0 Å². The largest absolute Gasteiger partial charge is 0.454 e. The Bertz CT molecular complexity index is 762. The molecule has 0 aliphatic carbocycles. The maximum atomic E-state index is 11.9. The van der Waals surface area contributed by atoms with Gasteiger partial charge in [-0.05, 0) is 36.4 Å². The Kier molecular flexibility index (Phi) is 5.00. The number of fused-ring (bicyclic) bond motifs is 1. The second-order valence-corrected chi connectivity index (χ2v) is 6.04. The normalized spacial score (nSPS) is 11.9. The van der Waals surface area contributed by atoms with Crippen LogP contribution in [0.4, 0.5) is 5.69 Å². The summed E-state index contributed by atoms with van der Waals surface area (Å²) in [7, 11) is 0. The van der Waals surface area contributed by atoms with E-state index in [0.29, 0.717) is 22.7 Å². The van der Waals surface area contributed by atoms with Crippen LogP contribution in [0.3, 0.4) is 0 Å². The zero-order chi connectivity index (χ0) is 16.9. The number of carbonyl (C=O) groups is 2. The van der Waals surface area contributed by atoms with Crippen molar-refractivity contribution in [3.63, 3.8) is 0 Å². The third-order valence-corrected chi connectivity index (χ3v) is 3.93. The molecule has 0 saturated heterocycles. The molecular weight excluding hydrogens is 376 g/mol. The number of ether oxygens (including phenoxy) is 2. The summed E-state index contributed by atoms with van der Waals surface area (Å²) < 4.78 is 11.4. The van der Waals surface area contributed by atoms with Gasteiger partial charge in [-0.15, -0.1) is 0 Å². The van der Waals surface area contributed by atoms with Crippen LogP contribution in [0.25, 0.3) is 0 Å². The van der Waals surface area contributed by atoms with Crippen LogP contribution in [0, 0.1) is 0 Å². The van der Waals surface area contributed by atoms with Crippen LogP contribution in [0.15, 0.2) is 46.9 Å². The summed E-state index contributed by atoms with van der Waals surface area (Å²) in [6.45, 7) is 0.445. The van der Waals surface area contributed by atoms with Crippen molar-refractivity contribution in [3.05, 3.63) is 52.5 Å². The molecule has 1 aliphatic rings. The van der Waals surface area contributed by atoms with Gasteiger partial charge in [-0.25, -0.2) is 0 Å². The van der Waals surface area contributed by atoms with Gasteiger partial charge in [0.05, 0.1) is 0 Å². The third kappa shape index (κ3) is 4.05. The number of hydrogen-bond acceptors (Lipinski definition) is 4. The summed E-state index contributed by atoms with van der Waals surface area (Å²) in [5.74, 6) is 0.870. The summed E-state index contributed by atoms with van der Waals surface area (Å²) in [6, 6.07) is 12.2. The van der Waals surface area contributed by atoms with Crippen molar-refractivity contribution in [2.24, 2.45) is 0 Å². The van der Waals surface area contributed by atoms with Gasteiger partial charge >= 0.3 is 0 Å². The van der Waals surface area contributed by atoms with Crippen LogP contribution >= 0.6 is 15.9 Å². The van der Waals surface area contributed by atoms with Crippen molar-refractivity contribution >= 4 is 33.4 Å². The molecule has 0 unspecified atom stereocenters. The zero-order valence-electron chi connectivity index (χ0n) is 12.7. The Morgan fingerprint density at radius 2 is 1.79 bits per heavy atom. The zero-order valence-corrected chi connectivity index (χ0v) is 14.3. The van der Waals surface area contributed by atoms with Crippen LogP contribution in [-0.2, 0) is 4.79 Å². The molecule has 6 nitrogen and oxygen atoms in total. The Balaban J connectivity index is 1.45. The summed E-state index contributed by atoms with van der Waals surface area (Å²) in [5, 5.41) is 5.48. The molecule has 0 bridgehead atoms. The Morgan fingerprint density at radius 3 is 2.58 bits per heavy atom. The van der Waals surface area contributed by atoms with Gasteiger partial charge < -0.3 is 20.1 Å². The predicted molar refractivity (Wildman–Crippen MR) is 92.3 cm³/mol. The lowest BCUT2D eigenvalue weighted by molar-refractivity contribution is -0.116. The molecule has 24 heavy (non-hydrogen) atoms. The first-order valence-electron chi connectivity index (χ1n) is 7.35. The van der Waals surface area contributed by atoms with Crippen LogP contribution < -0.4 is 20.1 Å². The molecule has 124 valence electrons. The monoisotopic (exact) mass is 390 g/mol. The SMILES string of the molecule is O=C(CCNC(=O)c1ccc(Br)cc1)Nc1ccc2c(c1)OCO2. The van der Waals surface area contributed by atoms with E-state index in [-0.39, 0.29) is 31.6 Å². The van der Waals surface area contributed by atoms with E-state index in [1.165, 1.54) is 0 Å². The number of halogens is 1. The van der Waals surface area contributed by atoms with Gasteiger partial charge in [-0.2, -0.15) is 0 Å². The third-order valence-electron chi connectivity index (χ3n) is 3.40. The van der Waals surface area contributed by atoms with Crippen molar-refractivity contribution in [2.75, 3.05) is 18.7 Å². The topological polar surface area (TPSA) is 76.7 Å². The number of benzene rings is 2. The average Bonchev–Trinajstić information content (AvgIpc) is 3.03. The van der Waals surface area contributed by atoms with E-state index in [1.54, 1.807) is 42.5 Å². The van der Waals surface area contributed by atoms with Crippen molar-refractivity contribution in [3.8, 4) is 11.5 Å². The van der Waals surface area contributed by atoms with Crippen LogP contribution in [0.2, 0.25) is 0 Å². The van der Waals surface area contributed by atoms with E-state index in [9.17, 15) is 9.59 Å². The predicted octanol–water partition coefficient (Wildman–Crippen LogP) is 2.94. The first-order chi connectivity index (χ1) is 11.6. The fourth-order valence-corrected chi connectivity index (χ4v) is 2.46. The highest BCUT2D eigenvalue weighted by Gasteiger charge is 2.14. The highest BCUT2D eigenvalue weighted by molar-refractivity contribution is 9.10. The maximum Gasteiger partial charge on any atom is 0.251 e. The van der Waals surface area contributed by atoms with Crippen LogP contribution in [0.5, 0.6) is 11.5 Å². The van der Waals surface area contributed by atoms with Gasteiger partial charge in [0.2, 0.25) is 12.7 Å². The molecule has 1 aliphatic heterocycles. The minimum atomic E-state index is -0.210. The average molecular weight is 391 g/mol. The lowest BCUT2D eigenvalue weighted by atomic mass is 10.2. The highest BCUT2D eigenvalue weighted by atomic mass is 79.9. The molecule has 3 rings (SSSR count). The number of rotatable bonds is 5. The lowest BCUT2D eigenvalue weighted by Gasteiger charge is -2.07. The number of nitrogens with one attached hydrogen (secondary N) is 2. The molecule has 2 aromatic carbocycles. The Labute approximate surface area is 147 Å². The standard InChI is InChI=1S/C17H15BrN2O4/c18-12-3-1-11(2-4-12)17(22)19-8-7-16(21)20-13-5-6-14-15(9-13)24-10-23-14/h1-6,9H,7-8,10H2,(H,19,22)(H,20,21). The quantitative estimate of drug-likeness (QED) is 0.822. The summed E-state index contributed by atoms with van der Waals surface area (Å²) in [4.78, 5) is 23.9. The van der Waals surface area contributed by atoms with Gasteiger partial charge in [0, 0.05) is 34.8 Å². The fraction of sp³-hybridized carbons (Fsp3) is 0.176. The summed E-state index contributed by atoms with van der Waals surface area (Å²) >= 11 is 3.31. The number of amides is 2. The van der Waals surface area contributed by atoms with Gasteiger partial charge in [-0.1, -0.05) is 15.9 Å². The van der Waals surface area contributed by atoms with E-state index in [2.05, 4.69) is 26.6 Å². The number of hydrogen-bond donors (Lipinski definition) is 2. The lowest BCUT2D eigenvalue weighted by Crippen LogP contribution is -2.27. The smallest absolute Gasteiger partial charge is 0.251 e.